The fraction of sp³-hybridized carbons (Fsp3) is 0.133. The zero-order valence-corrected chi connectivity index (χ0v) is 22.0. The molecule has 2 aromatic carbocycles. The van der Waals surface area contributed by atoms with E-state index in [1.807, 2.05) is 0 Å². The van der Waals surface area contributed by atoms with E-state index in [0.717, 1.165) is 6.07 Å². The second kappa shape index (κ2) is 10.6. The van der Waals surface area contributed by atoms with Crippen molar-refractivity contribution >= 4 is 22.6 Å². The highest BCUT2D eigenvalue weighted by Crippen LogP contribution is 2.38. The molecule has 3 aromatic heterocycles. The third kappa shape index (κ3) is 4.98. The van der Waals surface area contributed by atoms with Gasteiger partial charge in [-0.05, 0) is 56.2 Å². The number of methoxy groups -OCH3 is 1. The molecule has 0 atom stereocenters. The molecular weight excluding hydrogens is 518 g/mol. The molecule has 0 bridgehead atoms. The van der Waals surface area contributed by atoms with Gasteiger partial charge in [-0.1, -0.05) is 6.07 Å². The van der Waals surface area contributed by atoms with Crippen molar-refractivity contribution in [2.45, 2.75) is 20.8 Å². The van der Waals surface area contributed by atoms with Crippen molar-refractivity contribution in [1.82, 2.24) is 15.0 Å². The van der Waals surface area contributed by atoms with Crippen LogP contribution >= 0.6 is 0 Å². The van der Waals surface area contributed by atoms with Gasteiger partial charge in [0, 0.05) is 41.3 Å². The highest BCUT2D eigenvalue weighted by atomic mass is 19.1. The molecule has 0 spiro atoms. The summed E-state index contributed by atoms with van der Waals surface area (Å²) in [7, 11) is 1.52. The second-order valence-electron chi connectivity index (χ2n) is 9.09. The number of pyridine rings is 3. The van der Waals surface area contributed by atoms with E-state index in [-0.39, 0.29) is 28.4 Å². The topological polar surface area (TPSA) is 106 Å². The number of hydrogen-bond acceptors (Lipinski definition) is 7. The minimum atomic E-state index is -0.734. The Labute approximate surface area is 228 Å². The lowest BCUT2D eigenvalue weighted by Gasteiger charge is -2.17. The van der Waals surface area contributed by atoms with E-state index in [0.29, 0.717) is 44.9 Å². The van der Waals surface area contributed by atoms with Crippen LogP contribution in [-0.2, 0) is 0 Å². The first-order valence-corrected chi connectivity index (χ1v) is 12.2. The Bertz CT molecular complexity index is 1790. The summed E-state index contributed by atoms with van der Waals surface area (Å²) < 4.78 is 39.7. The fourth-order valence-corrected chi connectivity index (χ4v) is 4.49. The summed E-state index contributed by atoms with van der Waals surface area (Å²) in [5.41, 5.74) is 3.19. The van der Waals surface area contributed by atoms with Crippen molar-refractivity contribution < 1.29 is 28.2 Å². The first-order chi connectivity index (χ1) is 19.2. The predicted octanol–water partition coefficient (Wildman–Crippen LogP) is 6.65. The molecule has 40 heavy (non-hydrogen) atoms. The van der Waals surface area contributed by atoms with E-state index in [1.165, 1.54) is 49.8 Å². The Morgan fingerprint density at radius 2 is 1.75 bits per heavy atom. The van der Waals surface area contributed by atoms with Crippen LogP contribution in [0.1, 0.15) is 27.3 Å². The van der Waals surface area contributed by atoms with Gasteiger partial charge in [-0.3, -0.25) is 14.8 Å². The molecule has 0 saturated heterocycles. The number of carbonyl (C=O) groups is 1. The van der Waals surface area contributed by atoms with Crippen molar-refractivity contribution in [2.24, 2.45) is 0 Å². The molecule has 3 heterocycles. The normalized spacial score (nSPS) is 10.9. The quantitative estimate of drug-likeness (QED) is 0.247. The van der Waals surface area contributed by atoms with Crippen LogP contribution in [-0.4, -0.2) is 33.1 Å². The summed E-state index contributed by atoms with van der Waals surface area (Å²) >= 11 is 0. The molecule has 1 amide bonds. The molecule has 8 nitrogen and oxygen atoms in total. The number of benzene rings is 2. The minimum absolute atomic E-state index is 0.0742. The van der Waals surface area contributed by atoms with E-state index in [1.54, 1.807) is 32.9 Å². The zero-order chi connectivity index (χ0) is 28.6. The predicted molar refractivity (Wildman–Crippen MR) is 146 cm³/mol. The number of halogens is 2. The van der Waals surface area contributed by atoms with Gasteiger partial charge in [-0.15, -0.1) is 0 Å². The zero-order valence-electron chi connectivity index (χ0n) is 22.0. The van der Waals surface area contributed by atoms with Crippen LogP contribution < -0.4 is 14.8 Å². The van der Waals surface area contributed by atoms with Gasteiger partial charge in [0.05, 0.1) is 24.5 Å². The number of aromatic hydroxyl groups is 1. The molecule has 10 heteroatoms. The summed E-state index contributed by atoms with van der Waals surface area (Å²) in [6.07, 6.45) is 3.02. The lowest BCUT2D eigenvalue weighted by molar-refractivity contribution is 0.102. The number of aryl methyl sites for hydroxylation is 3. The maximum Gasteiger partial charge on any atom is 0.261 e. The van der Waals surface area contributed by atoms with Gasteiger partial charge in [-0.25, -0.2) is 13.8 Å². The molecular formula is C30H24F2N4O4. The number of carbonyl (C=O) groups excluding carboxylic acids is 1. The van der Waals surface area contributed by atoms with Crippen LogP contribution in [0.15, 0.2) is 60.9 Å². The van der Waals surface area contributed by atoms with E-state index in [9.17, 15) is 14.3 Å². The summed E-state index contributed by atoms with van der Waals surface area (Å²) in [5, 5.41) is 13.7. The van der Waals surface area contributed by atoms with Crippen LogP contribution in [0.3, 0.4) is 0 Å². The highest BCUT2D eigenvalue weighted by Gasteiger charge is 2.23. The van der Waals surface area contributed by atoms with E-state index >= 15 is 4.39 Å². The van der Waals surface area contributed by atoms with Crippen LogP contribution in [0, 0.1) is 32.4 Å². The molecule has 0 aliphatic rings. The second-order valence-corrected chi connectivity index (χ2v) is 9.09. The third-order valence-corrected chi connectivity index (χ3v) is 6.38. The number of fused-ring (bicyclic) bond motifs is 1. The lowest BCUT2D eigenvalue weighted by atomic mass is 9.95. The molecule has 0 unspecified atom stereocenters. The third-order valence-electron chi connectivity index (χ3n) is 6.38. The smallest absolute Gasteiger partial charge is 0.261 e. The minimum Gasteiger partial charge on any atom is -0.506 e. The van der Waals surface area contributed by atoms with Gasteiger partial charge in [0.2, 0.25) is 0 Å². The van der Waals surface area contributed by atoms with Crippen molar-refractivity contribution in [3.63, 3.8) is 0 Å². The summed E-state index contributed by atoms with van der Waals surface area (Å²) in [4.78, 5) is 26.2. The van der Waals surface area contributed by atoms with Gasteiger partial charge in [0.15, 0.2) is 17.3 Å². The van der Waals surface area contributed by atoms with Crippen LogP contribution in [0.25, 0.3) is 22.2 Å². The average molecular weight is 543 g/mol. The number of hydrogen-bond donors (Lipinski definition) is 2. The molecule has 0 fully saturated rings. The molecule has 202 valence electrons. The fourth-order valence-electron chi connectivity index (χ4n) is 4.49. The Morgan fingerprint density at radius 3 is 2.48 bits per heavy atom. The van der Waals surface area contributed by atoms with Gasteiger partial charge in [0.25, 0.3) is 5.91 Å². The van der Waals surface area contributed by atoms with Crippen LogP contribution in [0.2, 0.25) is 0 Å². The summed E-state index contributed by atoms with van der Waals surface area (Å²) in [6, 6.07) is 11.3. The molecule has 5 rings (SSSR count). The average Bonchev–Trinajstić information content (AvgIpc) is 2.91. The lowest BCUT2D eigenvalue weighted by Crippen LogP contribution is -2.16. The van der Waals surface area contributed by atoms with Gasteiger partial charge < -0.3 is 19.9 Å². The first-order valence-electron chi connectivity index (χ1n) is 12.2. The van der Waals surface area contributed by atoms with Crippen LogP contribution in [0.5, 0.6) is 23.0 Å². The number of nitrogens with one attached hydrogen (secondary N) is 1. The number of nitrogens with zero attached hydrogens (tertiary/aromatic N) is 3. The van der Waals surface area contributed by atoms with E-state index < -0.39 is 17.5 Å². The number of amides is 1. The Hall–Kier alpha value is -5.12. The van der Waals surface area contributed by atoms with Crippen molar-refractivity contribution in [3.8, 4) is 34.1 Å². The maximum absolute atomic E-state index is 15.1. The van der Waals surface area contributed by atoms with E-state index in [2.05, 4.69) is 20.3 Å². The summed E-state index contributed by atoms with van der Waals surface area (Å²) in [5.74, 6) is -1.41. The van der Waals surface area contributed by atoms with Gasteiger partial charge in [0.1, 0.15) is 28.4 Å². The summed E-state index contributed by atoms with van der Waals surface area (Å²) in [6.45, 7) is 4.98. The molecule has 0 saturated carbocycles. The number of ether oxygens (including phenoxy) is 2. The standard InChI is InChI=1S/C30H24F2N4O4/c1-15-11-18(31)5-7-21(15)26-16(2)35-17(3)27(29(26)37)30(38)36-19-6-8-24(22(32)12-19)40-25-9-10-33-23-13-20(39-4)14-34-28(23)25/h5-14H,1-4H3,(H,35,37)(H,36,38). The molecule has 2 N–H and O–H groups in total. The molecule has 0 radical (unpaired) electrons. The molecule has 0 aliphatic carbocycles. The Balaban J connectivity index is 1.42. The Morgan fingerprint density at radius 1 is 0.950 bits per heavy atom. The Kier molecular flexibility index (Phi) is 7.00. The number of anilines is 1. The monoisotopic (exact) mass is 542 g/mol. The first kappa shape index (κ1) is 26.5. The number of aromatic nitrogens is 3. The van der Waals surface area contributed by atoms with Gasteiger partial charge >= 0.3 is 0 Å². The number of rotatable bonds is 6. The highest BCUT2D eigenvalue weighted by molar-refractivity contribution is 6.08. The van der Waals surface area contributed by atoms with Crippen LogP contribution in [0.4, 0.5) is 14.5 Å². The van der Waals surface area contributed by atoms with Crippen molar-refractivity contribution in [2.75, 3.05) is 12.4 Å². The molecule has 5 aromatic rings. The van der Waals surface area contributed by atoms with Crippen molar-refractivity contribution in [3.05, 3.63) is 95.1 Å². The maximum atomic E-state index is 15.1. The van der Waals surface area contributed by atoms with E-state index in [4.69, 9.17) is 9.47 Å². The SMILES string of the molecule is COc1cnc2c(Oc3ccc(NC(=O)c4c(C)nc(C)c(-c5ccc(F)cc5C)c4O)cc3F)ccnc2c1. The molecule has 0 aliphatic heterocycles. The van der Waals surface area contributed by atoms with Gasteiger partial charge in [-0.2, -0.15) is 0 Å². The largest absolute Gasteiger partial charge is 0.506 e. The van der Waals surface area contributed by atoms with Crippen molar-refractivity contribution in [1.29, 1.82) is 0 Å².